The number of halogens is 3. The highest BCUT2D eigenvalue weighted by atomic mass is 19.4. The number of anilines is 3. The van der Waals surface area contributed by atoms with Crippen LogP contribution in [-0.4, -0.2) is 33.2 Å². The van der Waals surface area contributed by atoms with Crippen LogP contribution in [0, 0.1) is 0 Å². The lowest BCUT2D eigenvalue weighted by Crippen LogP contribution is -2.27. The van der Waals surface area contributed by atoms with Gasteiger partial charge in [-0.3, -0.25) is 4.79 Å². The van der Waals surface area contributed by atoms with E-state index in [0.29, 0.717) is 47.5 Å². The van der Waals surface area contributed by atoms with E-state index in [1.54, 1.807) is 35.9 Å². The van der Waals surface area contributed by atoms with Gasteiger partial charge < -0.3 is 24.7 Å². The molecule has 2 N–H and O–H groups in total. The fourth-order valence-electron chi connectivity index (χ4n) is 3.90. The van der Waals surface area contributed by atoms with Crippen LogP contribution in [0.25, 0.3) is 11.0 Å². The number of ether oxygens (including phenoxy) is 2. The monoisotopic (exact) mass is 497 g/mol. The van der Waals surface area contributed by atoms with Gasteiger partial charge >= 0.3 is 6.18 Å². The number of carbonyl (C=O) groups is 1. The molecule has 1 aliphatic rings. The van der Waals surface area contributed by atoms with Crippen LogP contribution in [0.3, 0.4) is 0 Å². The predicted molar refractivity (Wildman–Crippen MR) is 127 cm³/mol. The SMILES string of the molecule is Cn1c(Nc2ccc(C(F)(F)F)cc2)nc2cc(Oc3ccnc(NC(=O)C4CCCO4)c3)ccc21. The van der Waals surface area contributed by atoms with Crippen molar-refractivity contribution in [3.8, 4) is 11.5 Å². The smallest absolute Gasteiger partial charge is 0.416 e. The van der Waals surface area contributed by atoms with Crippen molar-refractivity contribution in [2.75, 3.05) is 17.2 Å². The summed E-state index contributed by atoms with van der Waals surface area (Å²) >= 11 is 0. The lowest BCUT2D eigenvalue weighted by molar-refractivity contribution is -0.137. The number of hydrogen-bond acceptors (Lipinski definition) is 6. The number of carbonyl (C=O) groups excluding carboxylic acids is 1. The topological polar surface area (TPSA) is 90.3 Å². The summed E-state index contributed by atoms with van der Waals surface area (Å²) in [5.74, 6) is 1.58. The van der Waals surface area contributed by atoms with Crippen molar-refractivity contribution in [2.24, 2.45) is 7.05 Å². The first kappa shape index (κ1) is 23.6. The van der Waals surface area contributed by atoms with Crippen molar-refractivity contribution >= 4 is 34.4 Å². The number of rotatable bonds is 6. The average molecular weight is 497 g/mol. The van der Waals surface area contributed by atoms with E-state index in [1.165, 1.54) is 18.3 Å². The third kappa shape index (κ3) is 5.10. The summed E-state index contributed by atoms with van der Waals surface area (Å²) in [5.41, 5.74) is 1.19. The summed E-state index contributed by atoms with van der Waals surface area (Å²) in [7, 11) is 1.80. The second-order valence-electron chi connectivity index (χ2n) is 8.31. The summed E-state index contributed by atoms with van der Waals surface area (Å²) in [6, 6.07) is 13.4. The highest BCUT2D eigenvalue weighted by molar-refractivity contribution is 5.93. The van der Waals surface area contributed by atoms with E-state index in [9.17, 15) is 18.0 Å². The van der Waals surface area contributed by atoms with Gasteiger partial charge in [-0.25, -0.2) is 9.97 Å². The van der Waals surface area contributed by atoms with Gasteiger partial charge in [0.05, 0.1) is 16.6 Å². The van der Waals surface area contributed by atoms with E-state index in [2.05, 4.69) is 20.6 Å². The molecular formula is C25H22F3N5O3. The summed E-state index contributed by atoms with van der Waals surface area (Å²) in [6.45, 7) is 0.576. The van der Waals surface area contributed by atoms with Crippen molar-refractivity contribution < 1.29 is 27.4 Å². The van der Waals surface area contributed by atoms with E-state index in [1.807, 2.05) is 6.07 Å². The Morgan fingerprint density at radius 1 is 1.11 bits per heavy atom. The van der Waals surface area contributed by atoms with Gasteiger partial charge in [-0.05, 0) is 55.3 Å². The number of amides is 1. The molecule has 0 spiro atoms. The molecule has 0 aliphatic carbocycles. The predicted octanol–water partition coefficient (Wildman–Crippen LogP) is 5.64. The number of nitrogens with zero attached hydrogens (tertiary/aromatic N) is 3. The van der Waals surface area contributed by atoms with Crippen molar-refractivity contribution in [1.29, 1.82) is 0 Å². The van der Waals surface area contributed by atoms with E-state index >= 15 is 0 Å². The first-order valence-electron chi connectivity index (χ1n) is 11.2. The molecule has 5 rings (SSSR count). The Balaban J connectivity index is 1.30. The molecule has 1 fully saturated rings. The number of pyridine rings is 1. The summed E-state index contributed by atoms with van der Waals surface area (Å²) in [4.78, 5) is 21.0. The van der Waals surface area contributed by atoms with Gasteiger partial charge in [0, 0.05) is 37.7 Å². The van der Waals surface area contributed by atoms with Crippen molar-refractivity contribution in [2.45, 2.75) is 25.1 Å². The van der Waals surface area contributed by atoms with E-state index in [4.69, 9.17) is 9.47 Å². The van der Waals surface area contributed by atoms with Crippen LogP contribution in [0.2, 0.25) is 0 Å². The van der Waals surface area contributed by atoms with Gasteiger partial charge in [0.2, 0.25) is 5.95 Å². The number of nitrogens with one attached hydrogen (secondary N) is 2. The molecule has 1 saturated heterocycles. The molecule has 8 nitrogen and oxygen atoms in total. The maximum absolute atomic E-state index is 12.8. The van der Waals surface area contributed by atoms with Crippen LogP contribution < -0.4 is 15.4 Å². The Morgan fingerprint density at radius 2 is 1.89 bits per heavy atom. The lowest BCUT2D eigenvalue weighted by atomic mass is 10.2. The highest BCUT2D eigenvalue weighted by Gasteiger charge is 2.30. The molecule has 11 heteroatoms. The van der Waals surface area contributed by atoms with E-state index in [0.717, 1.165) is 24.1 Å². The largest absolute Gasteiger partial charge is 0.457 e. The number of aromatic nitrogens is 3. The first-order chi connectivity index (χ1) is 17.3. The molecule has 1 atom stereocenters. The van der Waals surface area contributed by atoms with Gasteiger partial charge in [0.15, 0.2) is 0 Å². The van der Waals surface area contributed by atoms with Crippen LogP contribution in [0.1, 0.15) is 18.4 Å². The lowest BCUT2D eigenvalue weighted by Gasteiger charge is -2.11. The molecule has 4 aromatic rings. The highest BCUT2D eigenvalue weighted by Crippen LogP contribution is 2.32. The standard InChI is InChI=1S/C25H22F3N5O3/c1-33-20-9-8-17(36-18-10-11-29-22(14-18)32-23(34)21-3-2-12-35-21)13-19(20)31-24(33)30-16-6-4-15(5-7-16)25(26,27)28/h4-11,13-14,21H,2-3,12H2,1H3,(H,30,31)(H,29,32,34). The second-order valence-corrected chi connectivity index (χ2v) is 8.31. The quantitative estimate of drug-likeness (QED) is 0.358. The number of hydrogen-bond donors (Lipinski definition) is 2. The zero-order valence-corrected chi connectivity index (χ0v) is 19.2. The van der Waals surface area contributed by atoms with Crippen molar-refractivity contribution in [3.05, 3.63) is 66.4 Å². The van der Waals surface area contributed by atoms with Crippen LogP contribution in [0.15, 0.2) is 60.8 Å². The van der Waals surface area contributed by atoms with Gasteiger partial charge in [-0.15, -0.1) is 0 Å². The second kappa shape index (κ2) is 9.50. The molecule has 1 aliphatic heterocycles. The molecule has 2 aromatic heterocycles. The number of fused-ring (bicyclic) bond motifs is 1. The van der Waals surface area contributed by atoms with Crippen LogP contribution in [0.5, 0.6) is 11.5 Å². The average Bonchev–Trinajstić information content (AvgIpc) is 3.48. The molecule has 186 valence electrons. The van der Waals surface area contributed by atoms with Crippen LogP contribution in [0.4, 0.5) is 30.6 Å². The number of alkyl halides is 3. The van der Waals surface area contributed by atoms with Crippen molar-refractivity contribution in [3.63, 3.8) is 0 Å². The third-order valence-corrected chi connectivity index (χ3v) is 5.76. The maximum atomic E-state index is 12.8. The molecule has 3 heterocycles. The van der Waals surface area contributed by atoms with Gasteiger partial charge in [-0.2, -0.15) is 13.2 Å². The van der Waals surface area contributed by atoms with Gasteiger partial charge in [0.25, 0.3) is 5.91 Å². The molecule has 1 unspecified atom stereocenters. The number of benzene rings is 2. The Kier molecular flexibility index (Phi) is 6.23. The minimum absolute atomic E-state index is 0.236. The van der Waals surface area contributed by atoms with Crippen molar-refractivity contribution in [1.82, 2.24) is 14.5 Å². The molecule has 2 aromatic carbocycles. The number of imidazole rings is 1. The maximum Gasteiger partial charge on any atom is 0.416 e. The third-order valence-electron chi connectivity index (χ3n) is 5.76. The van der Waals surface area contributed by atoms with Gasteiger partial charge in [-0.1, -0.05) is 0 Å². The first-order valence-corrected chi connectivity index (χ1v) is 11.2. The number of aryl methyl sites for hydroxylation is 1. The normalized spacial score (nSPS) is 15.7. The Labute approximate surface area is 204 Å². The zero-order valence-electron chi connectivity index (χ0n) is 19.2. The molecule has 36 heavy (non-hydrogen) atoms. The Morgan fingerprint density at radius 3 is 2.61 bits per heavy atom. The summed E-state index contributed by atoms with van der Waals surface area (Å²) < 4.78 is 51.6. The zero-order chi connectivity index (χ0) is 25.3. The Bertz CT molecular complexity index is 1400. The van der Waals surface area contributed by atoms with E-state index in [-0.39, 0.29) is 5.91 Å². The fourth-order valence-corrected chi connectivity index (χ4v) is 3.90. The van der Waals surface area contributed by atoms with Gasteiger partial charge in [0.1, 0.15) is 23.4 Å². The minimum atomic E-state index is -4.39. The molecular weight excluding hydrogens is 475 g/mol. The molecule has 0 saturated carbocycles. The van der Waals surface area contributed by atoms with Crippen LogP contribution >= 0.6 is 0 Å². The minimum Gasteiger partial charge on any atom is -0.457 e. The Hall–Kier alpha value is -4.12. The molecule has 1 amide bonds. The molecule has 0 bridgehead atoms. The summed E-state index contributed by atoms with van der Waals surface area (Å²) in [5, 5.41) is 5.79. The van der Waals surface area contributed by atoms with E-state index < -0.39 is 17.8 Å². The summed E-state index contributed by atoms with van der Waals surface area (Å²) in [6.07, 6.45) is -1.79. The fraction of sp³-hybridized carbons (Fsp3) is 0.240. The molecule has 0 radical (unpaired) electrons. The van der Waals surface area contributed by atoms with Crippen LogP contribution in [-0.2, 0) is 22.8 Å².